The second-order valence-corrected chi connectivity index (χ2v) is 3.03. The molecule has 1 atom stereocenters. The molecule has 0 saturated heterocycles. The molecule has 0 bridgehead atoms. The van der Waals surface area contributed by atoms with Gasteiger partial charge < -0.3 is 10.8 Å². The number of nitrogens with two attached hydrogens (primary N) is 1. The molecule has 0 spiro atoms. The molecule has 4 heteroatoms. The third-order valence-electron chi connectivity index (χ3n) is 2.16. The molecule has 13 heavy (non-hydrogen) atoms. The van der Waals surface area contributed by atoms with Gasteiger partial charge in [-0.25, -0.2) is 0 Å². The molecule has 2 heterocycles. The summed E-state index contributed by atoms with van der Waals surface area (Å²) < 4.78 is 0. The molecule has 0 fully saturated rings. The molecule has 1 unspecified atom stereocenters. The van der Waals surface area contributed by atoms with Crippen LogP contribution in [0.1, 0.15) is 18.0 Å². The van der Waals surface area contributed by atoms with E-state index in [4.69, 9.17) is 10.8 Å². The zero-order valence-corrected chi connectivity index (χ0v) is 7.14. The average molecular weight is 177 g/mol. The van der Waals surface area contributed by atoms with Crippen LogP contribution in [0.4, 0.5) is 11.4 Å². The number of nitrogens with zero attached hydrogens (tertiary/aromatic N) is 2. The lowest BCUT2D eigenvalue weighted by atomic mass is 10.0. The van der Waals surface area contributed by atoms with E-state index in [9.17, 15) is 0 Å². The van der Waals surface area contributed by atoms with Gasteiger partial charge in [-0.15, -0.1) is 0 Å². The summed E-state index contributed by atoms with van der Waals surface area (Å²) in [4.78, 5) is 8.38. The molecule has 0 radical (unpaired) electrons. The lowest BCUT2D eigenvalue weighted by Gasteiger charge is -2.06. The summed E-state index contributed by atoms with van der Waals surface area (Å²) in [5, 5.41) is 8.80. The van der Waals surface area contributed by atoms with Gasteiger partial charge in [-0.2, -0.15) is 0 Å². The smallest absolute Gasteiger partial charge is 0.108 e. The summed E-state index contributed by atoms with van der Waals surface area (Å²) in [6.45, 7) is 0.145. The molecular formula is C9H11N3O. The Morgan fingerprint density at radius 3 is 3.15 bits per heavy atom. The van der Waals surface area contributed by atoms with E-state index in [1.807, 2.05) is 0 Å². The second-order valence-electron chi connectivity index (χ2n) is 3.03. The Hall–Kier alpha value is -1.42. The maximum atomic E-state index is 8.80. The Morgan fingerprint density at radius 2 is 2.38 bits per heavy atom. The van der Waals surface area contributed by atoms with Crippen LogP contribution in [0.25, 0.3) is 0 Å². The van der Waals surface area contributed by atoms with Gasteiger partial charge in [0.25, 0.3) is 0 Å². The van der Waals surface area contributed by atoms with E-state index in [0.29, 0.717) is 12.1 Å². The largest absolute Gasteiger partial charge is 0.397 e. The highest BCUT2D eigenvalue weighted by Gasteiger charge is 2.21. The number of hydrogen-bond acceptors (Lipinski definition) is 4. The number of fused-ring (bicyclic) bond motifs is 1. The normalized spacial score (nSPS) is 19.0. The van der Waals surface area contributed by atoms with E-state index in [1.54, 1.807) is 18.5 Å². The molecule has 1 aromatic heterocycles. The van der Waals surface area contributed by atoms with E-state index in [0.717, 1.165) is 11.4 Å². The highest BCUT2D eigenvalue weighted by molar-refractivity contribution is 5.84. The third-order valence-corrected chi connectivity index (χ3v) is 2.16. The van der Waals surface area contributed by atoms with Gasteiger partial charge in [-0.3, -0.25) is 9.98 Å². The van der Waals surface area contributed by atoms with Crippen molar-refractivity contribution in [3.05, 3.63) is 18.0 Å². The van der Waals surface area contributed by atoms with Crippen molar-refractivity contribution in [1.82, 2.24) is 4.98 Å². The van der Waals surface area contributed by atoms with Crippen LogP contribution >= 0.6 is 0 Å². The van der Waals surface area contributed by atoms with E-state index >= 15 is 0 Å². The first-order valence-electron chi connectivity index (χ1n) is 4.22. The minimum atomic E-state index is 0.128. The van der Waals surface area contributed by atoms with Crippen LogP contribution in [0, 0.1) is 0 Å². The summed E-state index contributed by atoms with van der Waals surface area (Å²) in [7, 11) is 0. The van der Waals surface area contributed by atoms with Crippen molar-refractivity contribution in [2.45, 2.75) is 12.3 Å². The van der Waals surface area contributed by atoms with Crippen LogP contribution in [0.5, 0.6) is 0 Å². The van der Waals surface area contributed by atoms with Crippen LogP contribution in [0.15, 0.2) is 17.3 Å². The summed E-state index contributed by atoms with van der Waals surface area (Å²) in [5.41, 5.74) is 8.02. The summed E-state index contributed by atoms with van der Waals surface area (Å²) >= 11 is 0. The molecule has 0 aliphatic carbocycles. The quantitative estimate of drug-likeness (QED) is 0.703. The van der Waals surface area contributed by atoms with Crippen molar-refractivity contribution in [2.24, 2.45) is 4.99 Å². The van der Waals surface area contributed by atoms with E-state index in [2.05, 4.69) is 9.98 Å². The summed E-state index contributed by atoms with van der Waals surface area (Å²) in [5.74, 6) is 0.128. The fourth-order valence-corrected chi connectivity index (χ4v) is 1.48. The van der Waals surface area contributed by atoms with Crippen molar-refractivity contribution >= 4 is 17.6 Å². The second kappa shape index (κ2) is 3.14. The Balaban J connectivity index is 2.37. The van der Waals surface area contributed by atoms with Crippen molar-refractivity contribution in [1.29, 1.82) is 0 Å². The highest BCUT2D eigenvalue weighted by Crippen LogP contribution is 2.35. The highest BCUT2D eigenvalue weighted by atomic mass is 16.3. The molecule has 0 aromatic carbocycles. The zero-order chi connectivity index (χ0) is 9.26. The van der Waals surface area contributed by atoms with Gasteiger partial charge in [-0.05, 0) is 12.5 Å². The minimum Gasteiger partial charge on any atom is -0.397 e. The van der Waals surface area contributed by atoms with Gasteiger partial charge in [-0.1, -0.05) is 0 Å². The lowest BCUT2D eigenvalue weighted by molar-refractivity contribution is 0.285. The molecule has 1 aliphatic rings. The Labute approximate surface area is 76.1 Å². The van der Waals surface area contributed by atoms with Crippen molar-refractivity contribution in [3.63, 3.8) is 0 Å². The summed E-state index contributed by atoms with van der Waals surface area (Å²) in [6, 6.07) is 1.73. The number of rotatable bonds is 2. The first-order chi connectivity index (χ1) is 6.33. The van der Waals surface area contributed by atoms with Gasteiger partial charge in [0, 0.05) is 24.9 Å². The molecular weight excluding hydrogens is 166 g/mol. The van der Waals surface area contributed by atoms with Crippen LogP contribution in [0.3, 0.4) is 0 Å². The van der Waals surface area contributed by atoms with Gasteiger partial charge in [0.05, 0.1) is 11.4 Å². The molecule has 0 saturated carbocycles. The number of aromatic nitrogens is 1. The molecule has 1 aliphatic heterocycles. The van der Waals surface area contributed by atoms with Gasteiger partial charge >= 0.3 is 0 Å². The van der Waals surface area contributed by atoms with E-state index in [1.165, 1.54) is 0 Å². The van der Waals surface area contributed by atoms with Crippen LogP contribution in [0.2, 0.25) is 0 Å². The third kappa shape index (κ3) is 1.29. The number of anilines is 1. The number of aliphatic imine (C=N–C) groups is 1. The fraction of sp³-hybridized carbons (Fsp3) is 0.333. The van der Waals surface area contributed by atoms with Crippen molar-refractivity contribution in [2.75, 3.05) is 12.3 Å². The first-order valence-corrected chi connectivity index (χ1v) is 4.22. The molecule has 2 rings (SSSR count). The molecule has 3 N–H and O–H groups in total. The zero-order valence-electron chi connectivity index (χ0n) is 7.14. The number of hydrogen-bond donors (Lipinski definition) is 2. The molecule has 4 nitrogen and oxygen atoms in total. The van der Waals surface area contributed by atoms with Crippen LogP contribution in [-0.2, 0) is 0 Å². The predicted molar refractivity (Wildman–Crippen MR) is 51.2 cm³/mol. The van der Waals surface area contributed by atoms with Gasteiger partial charge in [0.15, 0.2) is 0 Å². The number of aliphatic hydroxyl groups excluding tert-OH is 1. The van der Waals surface area contributed by atoms with E-state index < -0.39 is 0 Å². The minimum absolute atomic E-state index is 0.128. The number of nitrogen functional groups attached to an aromatic ring is 1. The first kappa shape index (κ1) is 8.19. The van der Waals surface area contributed by atoms with E-state index in [-0.39, 0.29) is 12.5 Å². The van der Waals surface area contributed by atoms with Gasteiger partial charge in [0.2, 0.25) is 0 Å². The lowest BCUT2D eigenvalue weighted by Crippen LogP contribution is -2.01. The summed E-state index contributed by atoms with van der Waals surface area (Å²) in [6.07, 6.45) is 4.13. The Kier molecular flexibility index (Phi) is 1.98. The topological polar surface area (TPSA) is 71.5 Å². The molecule has 1 aromatic rings. The average Bonchev–Trinajstić information content (AvgIpc) is 2.51. The van der Waals surface area contributed by atoms with Crippen LogP contribution < -0.4 is 5.73 Å². The van der Waals surface area contributed by atoms with Gasteiger partial charge in [0.1, 0.15) is 5.69 Å². The Morgan fingerprint density at radius 1 is 1.54 bits per heavy atom. The monoisotopic (exact) mass is 177 g/mol. The predicted octanol–water partition coefficient (Wildman–Crippen LogP) is 0.846. The van der Waals surface area contributed by atoms with Crippen LogP contribution in [-0.4, -0.2) is 22.9 Å². The Bertz CT molecular complexity index is 349. The fourth-order valence-electron chi connectivity index (χ4n) is 1.48. The SMILES string of the molecule is Nc1ccnc2c1N=CC2CCO. The van der Waals surface area contributed by atoms with Crippen molar-refractivity contribution in [3.8, 4) is 0 Å². The van der Waals surface area contributed by atoms with Crippen molar-refractivity contribution < 1.29 is 5.11 Å². The maximum absolute atomic E-state index is 8.80. The number of aliphatic hydroxyl groups is 1. The number of pyridine rings is 1. The molecule has 68 valence electrons. The molecule has 0 amide bonds. The maximum Gasteiger partial charge on any atom is 0.108 e. The standard InChI is InChI=1S/C9H11N3O/c10-7-1-3-11-8-6(2-4-13)5-12-9(7)8/h1,3,5-6,13H,2,4H2,(H2,10,11).